The molecule has 1 rings (SSSR count). The summed E-state index contributed by atoms with van der Waals surface area (Å²) in [7, 11) is 0. The van der Waals surface area contributed by atoms with Crippen LogP contribution in [-0.2, 0) is 9.53 Å². The first-order valence-corrected chi connectivity index (χ1v) is 3.90. The van der Waals surface area contributed by atoms with Crippen molar-refractivity contribution in [3.8, 4) is 0 Å². The van der Waals surface area contributed by atoms with Crippen molar-refractivity contribution in [2.45, 2.75) is 32.3 Å². The van der Waals surface area contributed by atoms with Crippen molar-refractivity contribution in [1.82, 2.24) is 0 Å². The molecule has 0 saturated carbocycles. The minimum atomic E-state index is -0.267. The second-order valence-electron chi connectivity index (χ2n) is 3.56. The van der Waals surface area contributed by atoms with E-state index in [1.54, 1.807) is 6.08 Å². The Morgan fingerprint density at radius 3 is 2.82 bits per heavy atom. The van der Waals surface area contributed by atoms with E-state index < -0.39 is 0 Å². The molecule has 0 N–H and O–H groups in total. The Morgan fingerprint density at radius 2 is 2.36 bits per heavy atom. The summed E-state index contributed by atoms with van der Waals surface area (Å²) in [6, 6.07) is 0. The summed E-state index contributed by atoms with van der Waals surface area (Å²) in [4.78, 5) is 11.1. The summed E-state index contributed by atoms with van der Waals surface area (Å²) in [6.07, 6.45) is 3.46. The van der Waals surface area contributed by atoms with Gasteiger partial charge in [-0.25, -0.2) is 0 Å². The molecule has 0 aromatic rings. The van der Waals surface area contributed by atoms with E-state index in [4.69, 9.17) is 4.74 Å². The van der Waals surface area contributed by atoms with Crippen molar-refractivity contribution in [1.29, 1.82) is 0 Å². The molecule has 0 aliphatic carbocycles. The molecule has 1 heterocycles. The van der Waals surface area contributed by atoms with Gasteiger partial charge in [0.05, 0.1) is 5.92 Å². The van der Waals surface area contributed by atoms with E-state index in [-0.39, 0.29) is 17.5 Å². The van der Waals surface area contributed by atoms with Gasteiger partial charge < -0.3 is 4.74 Å². The van der Waals surface area contributed by atoms with Crippen molar-refractivity contribution >= 4 is 5.97 Å². The zero-order valence-electron chi connectivity index (χ0n) is 7.09. The smallest absolute Gasteiger partial charge is 0.313 e. The average molecular weight is 154 g/mol. The largest absolute Gasteiger partial charge is 0.459 e. The zero-order valence-corrected chi connectivity index (χ0v) is 7.09. The van der Waals surface area contributed by atoms with Crippen molar-refractivity contribution in [2.75, 3.05) is 0 Å². The number of esters is 1. The Hall–Kier alpha value is -0.790. The van der Waals surface area contributed by atoms with Crippen LogP contribution in [-0.4, -0.2) is 11.6 Å². The molecule has 1 atom stereocenters. The van der Waals surface area contributed by atoms with Crippen LogP contribution in [0.3, 0.4) is 0 Å². The molecule has 0 bridgehead atoms. The van der Waals surface area contributed by atoms with Crippen LogP contribution in [0.25, 0.3) is 0 Å². The molecular formula is C9H14O2. The molecule has 0 radical (unpaired) electrons. The maximum atomic E-state index is 11.1. The summed E-state index contributed by atoms with van der Waals surface area (Å²) in [5, 5.41) is 0. The van der Waals surface area contributed by atoms with Gasteiger partial charge in [-0.2, -0.15) is 0 Å². The predicted octanol–water partition coefficient (Wildman–Crippen LogP) is 1.90. The number of ether oxygens (including phenoxy) is 1. The molecule has 0 aromatic carbocycles. The van der Waals surface area contributed by atoms with Crippen LogP contribution in [0.1, 0.15) is 26.7 Å². The Morgan fingerprint density at radius 1 is 1.73 bits per heavy atom. The van der Waals surface area contributed by atoms with Crippen LogP contribution < -0.4 is 0 Å². The topological polar surface area (TPSA) is 26.3 Å². The minimum absolute atomic E-state index is 0.0805. The maximum Gasteiger partial charge on any atom is 0.313 e. The molecule has 62 valence electrons. The van der Waals surface area contributed by atoms with Crippen LogP contribution in [0, 0.1) is 5.92 Å². The van der Waals surface area contributed by atoms with E-state index in [1.165, 1.54) is 0 Å². The first-order chi connectivity index (χ1) is 5.05. The highest BCUT2D eigenvalue weighted by Crippen LogP contribution is 2.28. The molecule has 2 nitrogen and oxygen atoms in total. The lowest BCUT2D eigenvalue weighted by atomic mass is 9.91. The van der Waals surface area contributed by atoms with Crippen molar-refractivity contribution < 1.29 is 9.53 Å². The third kappa shape index (κ3) is 1.82. The Kier molecular flexibility index (Phi) is 2.03. The molecule has 1 unspecified atom stereocenters. The lowest BCUT2D eigenvalue weighted by Crippen LogP contribution is -2.36. The van der Waals surface area contributed by atoms with E-state index in [1.807, 2.05) is 13.8 Å². The second-order valence-corrected chi connectivity index (χ2v) is 3.56. The summed E-state index contributed by atoms with van der Waals surface area (Å²) in [5.41, 5.74) is -0.267. The van der Waals surface area contributed by atoms with Crippen LogP contribution in [0.15, 0.2) is 12.7 Å². The second kappa shape index (κ2) is 2.68. The highest BCUT2D eigenvalue weighted by molar-refractivity contribution is 5.75. The molecule has 0 amide bonds. The van der Waals surface area contributed by atoms with E-state index in [2.05, 4.69) is 6.58 Å². The Labute approximate surface area is 67.2 Å². The van der Waals surface area contributed by atoms with Crippen molar-refractivity contribution in [3.63, 3.8) is 0 Å². The van der Waals surface area contributed by atoms with Crippen LogP contribution in [0.2, 0.25) is 0 Å². The third-order valence-corrected chi connectivity index (χ3v) is 2.02. The van der Waals surface area contributed by atoms with Gasteiger partial charge in [-0.1, -0.05) is 6.08 Å². The van der Waals surface area contributed by atoms with Crippen LogP contribution >= 0.6 is 0 Å². The lowest BCUT2D eigenvalue weighted by Gasteiger charge is -2.32. The molecule has 1 saturated heterocycles. The van der Waals surface area contributed by atoms with Crippen LogP contribution in [0.4, 0.5) is 0 Å². The van der Waals surface area contributed by atoms with Gasteiger partial charge in [0.1, 0.15) is 5.60 Å². The van der Waals surface area contributed by atoms with Gasteiger partial charge in [0.15, 0.2) is 0 Å². The molecule has 11 heavy (non-hydrogen) atoms. The van der Waals surface area contributed by atoms with Gasteiger partial charge in [-0.05, 0) is 26.7 Å². The Balaban J connectivity index is 2.62. The van der Waals surface area contributed by atoms with E-state index in [9.17, 15) is 4.79 Å². The first-order valence-electron chi connectivity index (χ1n) is 3.90. The molecule has 1 aliphatic heterocycles. The maximum absolute atomic E-state index is 11.1. The summed E-state index contributed by atoms with van der Waals surface area (Å²) in [6.45, 7) is 7.45. The highest BCUT2D eigenvalue weighted by atomic mass is 16.6. The SMILES string of the molecule is C=CC1CCC(C)(C)OC1=O. The van der Waals surface area contributed by atoms with Gasteiger partial charge in [0.2, 0.25) is 0 Å². The van der Waals surface area contributed by atoms with Crippen molar-refractivity contribution in [2.24, 2.45) is 5.92 Å². The Bertz CT molecular complexity index is 182. The fraction of sp³-hybridized carbons (Fsp3) is 0.667. The summed E-state index contributed by atoms with van der Waals surface area (Å²) >= 11 is 0. The molecule has 0 spiro atoms. The van der Waals surface area contributed by atoms with Gasteiger partial charge in [0.25, 0.3) is 0 Å². The highest BCUT2D eigenvalue weighted by Gasteiger charge is 2.32. The number of carbonyl (C=O) groups excluding carboxylic acids is 1. The fourth-order valence-electron chi connectivity index (χ4n) is 1.23. The average Bonchev–Trinajstić information content (AvgIpc) is 1.86. The molecule has 1 fully saturated rings. The van der Waals surface area contributed by atoms with Gasteiger partial charge in [-0.3, -0.25) is 4.79 Å². The number of carbonyl (C=O) groups is 1. The third-order valence-electron chi connectivity index (χ3n) is 2.02. The predicted molar refractivity (Wildman–Crippen MR) is 43.1 cm³/mol. The van der Waals surface area contributed by atoms with Gasteiger partial charge >= 0.3 is 5.97 Å². The molecule has 0 aromatic heterocycles. The molecular weight excluding hydrogens is 140 g/mol. The quantitative estimate of drug-likeness (QED) is 0.426. The number of hydrogen-bond donors (Lipinski definition) is 0. The number of rotatable bonds is 1. The van der Waals surface area contributed by atoms with Gasteiger partial charge in [-0.15, -0.1) is 6.58 Å². The minimum Gasteiger partial charge on any atom is -0.459 e. The normalized spacial score (nSPS) is 29.3. The van der Waals surface area contributed by atoms with Gasteiger partial charge in [0, 0.05) is 0 Å². The zero-order chi connectivity index (χ0) is 8.48. The van der Waals surface area contributed by atoms with Crippen molar-refractivity contribution in [3.05, 3.63) is 12.7 Å². The molecule has 2 heteroatoms. The van der Waals surface area contributed by atoms with Crippen LogP contribution in [0.5, 0.6) is 0 Å². The number of hydrogen-bond acceptors (Lipinski definition) is 2. The molecule has 1 aliphatic rings. The fourth-order valence-corrected chi connectivity index (χ4v) is 1.23. The van der Waals surface area contributed by atoms with E-state index in [0.29, 0.717) is 0 Å². The summed E-state index contributed by atoms with van der Waals surface area (Å²) < 4.78 is 5.17. The summed E-state index contributed by atoms with van der Waals surface area (Å²) in [5.74, 6) is -0.209. The van der Waals surface area contributed by atoms with E-state index in [0.717, 1.165) is 12.8 Å². The standard InChI is InChI=1S/C9H14O2/c1-4-7-5-6-9(2,3)11-8(7)10/h4,7H,1,5-6H2,2-3H3. The monoisotopic (exact) mass is 154 g/mol. The van der Waals surface area contributed by atoms with E-state index >= 15 is 0 Å². The lowest BCUT2D eigenvalue weighted by molar-refractivity contribution is -0.167. The first kappa shape index (κ1) is 8.31. The number of cyclic esters (lactones) is 1.